The number of carbonyl (C=O) groups excluding carboxylic acids is 1. The molecule has 0 bridgehead atoms. The Balaban J connectivity index is 1.73. The highest BCUT2D eigenvalue weighted by atomic mass is 35.5. The predicted molar refractivity (Wildman–Crippen MR) is 73.9 cm³/mol. The minimum absolute atomic E-state index is 0.0718. The average Bonchev–Trinajstić information content (AvgIpc) is 2.87. The maximum atomic E-state index is 11.7. The average molecular weight is 298 g/mol. The highest BCUT2D eigenvalue weighted by Crippen LogP contribution is 2.25. The summed E-state index contributed by atoms with van der Waals surface area (Å²) >= 11 is 5.74. The lowest BCUT2D eigenvalue weighted by atomic mass is 10.1. The van der Waals surface area contributed by atoms with Crippen LogP contribution in [0.3, 0.4) is 0 Å². The summed E-state index contributed by atoms with van der Waals surface area (Å²) in [5.74, 6) is -0.813. The van der Waals surface area contributed by atoms with Crippen LogP contribution in [-0.4, -0.2) is 29.6 Å². The Bertz CT molecular complexity index is 488. The van der Waals surface area contributed by atoms with Gasteiger partial charge in [0.05, 0.1) is 5.92 Å². The summed E-state index contributed by atoms with van der Waals surface area (Å²) in [7, 11) is 0. The Morgan fingerprint density at radius 3 is 2.60 bits per heavy atom. The monoisotopic (exact) mass is 297 g/mol. The van der Waals surface area contributed by atoms with Crippen molar-refractivity contribution in [2.75, 3.05) is 6.61 Å². The molecule has 1 fully saturated rings. The van der Waals surface area contributed by atoms with Gasteiger partial charge in [-0.05, 0) is 43.5 Å². The number of ether oxygens (including phenoxy) is 1. The standard InChI is InChI=1S/C14H16ClNO4/c15-10-2-5-12(6-3-10)20-8-13(17)16-11-4-1-9(7-11)14(18)19/h2-3,5-6,9,11H,1,4,7-8H2,(H,16,17)(H,18,19)/t9-,11+/m0/s1. The third-order valence-corrected chi connectivity index (χ3v) is 3.58. The molecule has 2 atom stereocenters. The molecule has 2 N–H and O–H groups in total. The van der Waals surface area contributed by atoms with E-state index in [4.69, 9.17) is 21.4 Å². The van der Waals surface area contributed by atoms with Gasteiger partial charge in [-0.2, -0.15) is 0 Å². The maximum absolute atomic E-state index is 11.7. The molecule has 1 aromatic rings. The van der Waals surface area contributed by atoms with E-state index in [9.17, 15) is 9.59 Å². The van der Waals surface area contributed by atoms with Gasteiger partial charge in [0.2, 0.25) is 0 Å². The molecule has 0 radical (unpaired) electrons. The van der Waals surface area contributed by atoms with Crippen molar-refractivity contribution in [1.82, 2.24) is 5.32 Å². The number of halogens is 1. The topological polar surface area (TPSA) is 75.6 Å². The van der Waals surface area contributed by atoms with Gasteiger partial charge in [-0.25, -0.2) is 0 Å². The van der Waals surface area contributed by atoms with Crippen molar-refractivity contribution >= 4 is 23.5 Å². The zero-order valence-corrected chi connectivity index (χ0v) is 11.6. The SMILES string of the molecule is O=C(COc1ccc(Cl)cc1)N[C@@H]1CC[C@H](C(=O)O)C1. The van der Waals surface area contributed by atoms with Gasteiger partial charge < -0.3 is 15.2 Å². The van der Waals surface area contributed by atoms with Crippen LogP contribution in [0, 0.1) is 5.92 Å². The quantitative estimate of drug-likeness (QED) is 0.872. The van der Waals surface area contributed by atoms with Gasteiger partial charge in [0.15, 0.2) is 6.61 Å². The first-order chi connectivity index (χ1) is 9.54. The molecule has 1 amide bonds. The molecule has 0 aliphatic heterocycles. The number of amides is 1. The first-order valence-electron chi connectivity index (χ1n) is 6.45. The first kappa shape index (κ1) is 14.7. The van der Waals surface area contributed by atoms with Crippen LogP contribution in [0.15, 0.2) is 24.3 Å². The lowest BCUT2D eigenvalue weighted by Gasteiger charge is -2.13. The summed E-state index contributed by atoms with van der Waals surface area (Å²) in [6, 6.07) is 6.67. The van der Waals surface area contributed by atoms with Crippen LogP contribution >= 0.6 is 11.6 Å². The Hall–Kier alpha value is -1.75. The second-order valence-corrected chi connectivity index (χ2v) is 5.29. The van der Waals surface area contributed by atoms with Crippen LogP contribution < -0.4 is 10.1 Å². The van der Waals surface area contributed by atoms with Crippen molar-refractivity contribution in [2.45, 2.75) is 25.3 Å². The third kappa shape index (κ3) is 4.13. The van der Waals surface area contributed by atoms with Crippen molar-refractivity contribution < 1.29 is 19.4 Å². The number of rotatable bonds is 5. The number of nitrogens with one attached hydrogen (secondary N) is 1. The summed E-state index contributed by atoms with van der Waals surface area (Å²) in [6.07, 6.45) is 1.80. The number of carbonyl (C=O) groups is 2. The molecule has 0 aromatic heterocycles. The maximum Gasteiger partial charge on any atom is 0.306 e. The van der Waals surface area contributed by atoms with Crippen LogP contribution in [0.4, 0.5) is 0 Å². The molecule has 20 heavy (non-hydrogen) atoms. The number of hydrogen-bond donors (Lipinski definition) is 2. The van der Waals surface area contributed by atoms with Gasteiger partial charge >= 0.3 is 5.97 Å². The molecule has 1 saturated carbocycles. The number of aliphatic carboxylic acids is 1. The van der Waals surface area contributed by atoms with Crippen molar-refractivity contribution in [3.8, 4) is 5.75 Å². The summed E-state index contributed by atoms with van der Waals surface area (Å²) in [5, 5.41) is 12.3. The molecular formula is C14H16ClNO4. The van der Waals surface area contributed by atoms with Gasteiger partial charge in [-0.3, -0.25) is 9.59 Å². The molecule has 1 aliphatic carbocycles. The van der Waals surface area contributed by atoms with Crippen LogP contribution in [0.25, 0.3) is 0 Å². The molecule has 1 aliphatic rings. The van der Waals surface area contributed by atoms with Crippen molar-refractivity contribution in [3.63, 3.8) is 0 Å². The summed E-state index contributed by atoms with van der Waals surface area (Å²) in [6.45, 7) is -0.0874. The predicted octanol–water partition coefficient (Wildman–Crippen LogP) is 2.09. The van der Waals surface area contributed by atoms with Crippen LogP contribution in [0.5, 0.6) is 5.75 Å². The van der Waals surface area contributed by atoms with Gasteiger partial charge in [-0.15, -0.1) is 0 Å². The van der Waals surface area contributed by atoms with E-state index in [1.54, 1.807) is 24.3 Å². The van der Waals surface area contributed by atoms with Gasteiger partial charge in [0.25, 0.3) is 5.91 Å². The molecule has 108 valence electrons. The zero-order valence-electron chi connectivity index (χ0n) is 10.8. The Morgan fingerprint density at radius 1 is 1.30 bits per heavy atom. The first-order valence-corrected chi connectivity index (χ1v) is 6.83. The summed E-state index contributed by atoms with van der Waals surface area (Å²) in [5.41, 5.74) is 0. The van der Waals surface area contributed by atoms with E-state index in [-0.39, 0.29) is 24.5 Å². The molecule has 6 heteroatoms. The Labute approximate surface area is 121 Å². The largest absolute Gasteiger partial charge is 0.484 e. The Kier molecular flexibility index (Phi) is 4.84. The Morgan fingerprint density at radius 2 is 2.00 bits per heavy atom. The van der Waals surface area contributed by atoms with E-state index in [2.05, 4.69) is 5.32 Å². The molecule has 1 aromatic carbocycles. The van der Waals surface area contributed by atoms with E-state index < -0.39 is 5.97 Å². The second kappa shape index (κ2) is 6.61. The van der Waals surface area contributed by atoms with E-state index >= 15 is 0 Å². The van der Waals surface area contributed by atoms with Crippen LogP contribution in [0.2, 0.25) is 5.02 Å². The van der Waals surface area contributed by atoms with Gasteiger partial charge in [0, 0.05) is 11.1 Å². The van der Waals surface area contributed by atoms with E-state index in [0.717, 1.165) is 0 Å². The molecule has 0 saturated heterocycles. The second-order valence-electron chi connectivity index (χ2n) is 4.86. The lowest BCUT2D eigenvalue weighted by Crippen LogP contribution is -2.36. The van der Waals surface area contributed by atoms with E-state index in [0.29, 0.717) is 30.0 Å². The minimum atomic E-state index is -0.792. The number of benzene rings is 1. The van der Waals surface area contributed by atoms with Crippen LogP contribution in [0.1, 0.15) is 19.3 Å². The molecule has 5 nitrogen and oxygen atoms in total. The van der Waals surface area contributed by atoms with Crippen molar-refractivity contribution in [3.05, 3.63) is 29.3 Å². The van der Waals surface area contributed by atoms with Crippen molar-refractivity contribution in [2.24, 2.45) is 5.92 Å². The number of carboxylic acids is 1. The normalized spacial score (nSPS) is 21.4. The fourth-order valence-corrected chi connectivity index (χ4v) is 2.41. The number of hydrogen-bond acceptors (Lipinski definition) is 3. The lowest BCUT2D eigenvalue weighted by molar-refractivity contribution is -0.141. The molecule has 2 rings (SSSR count). The molecule has 0 spiro atoms. The van der Waals surface area contributed by atoms with E-state index in [1.807, 2.05) is 0 Å². The third-order valence-electron chi connectivity index (χ3n) is 3.33. The molecular weight excluding hydrogens is 282 g/mol. The number of carboxylic acid groups (broad SMARTS) is 1. The minimum Gasteiger partial charge on any atom is -0.484 e. The highest BCUT2D eigenvalue weighted by Gasteiger charge is 2.30. The summed E-state index contributed by atoms with van der Waals surface area (Å²) < 4.78 is 5.32. The van der Waals surface area contributed by atoms with Crippen molar-refractivity contribution in [1.29, 1.82) is 0 Å². The molecule has 0 unspecified atom stereocenters. The van der Waals surface area contributed by atoms with Gasteiger partial charge in [-0.1, -0.05) is 11.6 Å². The highest BCUT2D eigenvalue weighted by molar-refractivity contribution is 6.30. The molecule has 0 heterocycles. The fourth-order valence-electron chi connectivity index (χ4n) is 2.29. The zero-order chi connectivity index (χ0) is 14.5. The fraction of sp³-hybridized carbons (Fsp3) is 0.429. The smallest absolute Gasteiger partial charge is 0.306 e. The summed E-state index contributed by atoms with van der Waals surface area (Å²) in [4.78, 5) is 22.5. The van der Waals surface area contributed by atoms with Gasteiger partial charge in [0.1, 0.15) is 5.75 Å². The van der Waals surface area contributed by atoms with E-state index in [1.165, 1.54) is 0 Å². The van der Waals surface area contributed by atoms with Crippen LogP contribution in [-0.2, 0) is 9.59 Å².